The molecule has 0 aliphatic rings. The first-order chi connectivity index (χ1) is 9.10. The molecule has 1 aromatic carbocycles. The highest BCUT2D eigenvalue weighted by molar-refractivity contribution is 5.93. The van der Waals surface area contributed by atoms with Gasteiger partial charge in [0.2, 0.25) is 5.91 Å². The molecule has 0 saturated heterocycles. The van der Waals surface area contributed by atoms with Gasteiger partial charge in [0.05, 0.1) is 6.42 Å². The van der Waals surface area contributed by atoms with Crippen LogP contribution in [0.3, 0.4) is 0 Å². The Balaban J connectivity index is 2.05. The highest BCUT2D eigenvalue weighted by atomic mass is 16.5. The molecular weight excluding hydrogens is 242 g/mol. The van der Waals surface area contributed by atoms with Crippen LogP contribution in [0.25, 0.3) is 0 Å². The average molecular weight is 259 g/mol. The van der Waals surface area contributed by atoms with Crippen LogP contribution in [-0.2, 0) is 17.6 Å². The fourth-order valence-corrected chi connectivity index (χ4v) is 1.82. The predicted octanol–water partition coefficient (Wildman–Crippen LogP) is 2.31. The summed E-state index contributed by atoms with van der Waals surface area (Å²) in [4.78, 5) is 12.0. The molecule has 2 rings (SSSR count). The lowest BCUT2D eigenvalue weighted by Gasteiger charge is -2.05. The number of hydrogen-bond donors (Lipinski definition) is 2. The summed E-state index contributed by atoms with van der Waals surface area (Å²) >= 11 is 0. The van der Waals surface area contributed by atoms with Gasteiger partial charge in [-0.1, -0.05) is 24.2 Å². The van der Waals surface area contributed by atoms with E-state index in [1.54, 1.807) is 19.1 Å². The number of hydrogen-bond acceptors (Lipinski definition) is 4. The number of carbonyl (C=O) groups is 1. The Labute approximate surface area is 111 Å². The summed E-state index contributed by atoms with van der Waals surface area (Å²) < 4.78 is 5.07. The SMILES string of the molecule is CCc1noc(C)c1NC(=O)Cc1ccc(N)cc1. The molecule has 19 heavy (non-hydrogen) atoms. The molecule has 100 valence electrons. The molecule has 0 fully saturated rings. The monoisotopic (exact) mass is 259 g/mol. The van der Waals surface area contributed by atoms with E-state index in [4.69, 9.17) is 10.3 Å². The maximum Gasteiger partial charge on any atom is 0.228 e. The molecule has 0 unspecified atom stereocenters. The van der Waals surface area contributed by atoms with Crippen molar-refractivity contribution in [2.24, 2.45) is 0 Å². The van der Waals surface area contributed by atoms with E-state index >= 15 is 0 Å². The molecular formula is C14H17N3O2. The molecule has 0 aliphatic carbocycles. The van der Waals surface area contributed by atoms with Crippen molar-refractivity contribution in [3.8, 4) is 0 Å². The highest BCUT2D eigenvalue weighted by Crippen LogP contribution is 2.20. The zero-order chi connectivity index (χ0) is 13.8. The normalized spacial score (nSPS) is 10.4. The van der Waals surface area contributed by atoms with Gasteiger partial charge in [0.25, 0.3) is 0 Å². The molecule has 0 saturated carbocycles. The molecule has 3 N–H and O–H groups in total. The van der Waals surface area contributed by atoms with Gasteiger partial charge in [-0.25, -0.2) is 0 Å². The fourth-order valence-electron chi connectivity index (χ4n) is 1.82. The maximum absolute atomic E-state index is 12.0. The number of benzene rings is 1. The van der Waals surface area contributed by atoms with Crippen LogP contribution in [0.15, 0.2) is 28.8 Å². The number of anilines is 2. The molecule has 1 amide bonds. The number of rotatable bonds is 4. The third-order valence-electron chi connectivity index (χ3n) is 2.88. The van der Waals surface area contributed by atoms with E-state index < -0.39 is 0 Å². The Morgan fingerprint density at radius 3 is 2.68 bits per heavy atom. The summed E-state index contributed by atoms with van der Waals surface area (Å²) in [7, 11) is 0. The van der Waals surface area contributed by atoms with Gasteiger partial charge < -0.3 is 15.6 Å². The van der Waals surface area contributed by atoms with Crippen molar-refractivity contribution >= 4 is 17.3 Å². The van der Waals surface area contributed by atoms with E-state index in [1.807, 2.05) is 19.1 Å². The Morgan fingerprint density at radius 2 is 2.05 bits per heavy atom. The van der Waals surface area contributed by atoms with Crippen LogP contribution in [0, 0.1) is 6.92 Å². The third-order valence-corrected chi connectivity index (χ3v) is 2.88. The third kappa shape index (κ3) is 3.13. The summed E-state index contributed by atoms with van der Waals surface area (Å²) in [6.07, 6.45) is 1.02. The zero-order valence-corrected chi connectivity index (χ0v) is 11.1. The smallest absolute Gasteiger partial charge is 0.228 e. The Bertz CT molecular complexity index is 573. The minimum atomic E-state index is -0.0919. The minimum absolute atomic E-state index is 0.0919. The predicted molar refractivity (Wildman–Crippen MR) is 73.8 cm³/mol. The number of aromatic nitrogens is 1. The van der Waals surface area contributed by atoms with E-state index in [0.29, 0.717) is 23.6 Å². The largest absolute Gasteiger partial charge is 0.399 e. The first kappa shape index (κ1) is 13.1. The number of nitrogen functional groups attached to an aromatic ring is 1. The van der Waals surface area contributed by atoms with E-state index in [0.717, 1.165) is 17.7 Å². The van der Waals surface area contributed by atoms with Gasteiger partial charge in [0.1, 0.15) is 11.4 Å². The summed E-state index contributed by atoms with van der Waals surface area (Å²) in [5, 5.41) is 6.75. The molecule has 5 heteroatoms. The van der Waals surface area contributed by atoms with Crippen LogP contribution in [0.5, 0.6) is 0 Å². The summed E-state index contributed by atoms with van der Waals surface area (Å²) in [5.74, 6) is 0.535. The van der Waals surface area contributed by atoms with Crippen molar-refractivity contribution in [2.45, 2.75) is 26.7 Å². The molecule has 0 atom stereocenters. The van der Waals surface area contributed by atoms with Gasteiger partial charge in [-0.15, -0.1) is 0 Å². The van der Waals surface area contributed by atoms with Gasteiger partial charge in [-0.2, -0.15) is 0 Å². The van der Waals surface area contributed by atoms with Crippen molar-refractivity contribution in [3.63, 3.8) is 0 Å². The fraction of sp³-hybridized carbons (Fsp3) is 0.286. The van der Waals surface area contributed by atoms with Gasteiger partial charge in [-0.05, 0) is 31.0 Å². The Kier molecular flexibility index (Phi) is 3.85. The first-order valence-corrected chi connectivity index (χ1v) is 6.19. The number of nitrogens with one attached hydrogen (secondary N) is 1. The topological polar surface area (TPSA) is 81.2 Å². The van der Waals surface area contributed by atoms with Crippen molar-refractivity contribution in [3.05, 3.63) is 41.3 Å². The van der Waals surface area contributed by atoms with Gasteiger partial charge in [0, 0.05) is 5.69 Å². The maximum atomic E-state index is 12.0. The van der Waals surface area contributed by atoms with Gasteiger partial charge in [-0.3, -0.25) is 4.79 Å². The van der Waals surface area contributed by atoms with Gasteiger partial charge in [0.15, 0.2) is 5.76 Å². The highest BCUT2D eigenvalue weighted by Gasteiger charge is 2.14. The van der Waals surface area contributed by atoms with E-state index in [1.165, 1.54) is 0 Å². The molecule has 0 spiro atoms. The molecule has 5 nitrogen and oxygen atoms in total. The van der Waals surface area contributed by atoms with Gasteiger partial charge >= 0.3 is 0 Å². The molecule has 1 aromatic heterocycles. The second kappa shape index (κ2) is 5.56. The summed E-state index contributed by atoms with van der Waals surface area (Å²) in [6.45, 7) is 3.75. The zero-order valence-electron chi connectivity index (χ0n) is 11.1. The quantitative estimate of drug-likeness (QED) is 0.825. The lowest BCUT2D eigenvalue weighted by Crippen LogP contribution is -2.15. The molecule has 0 aliphatic heterocycles. The van der Waals surface area contributed by atoms with Crippen molar-refractivity contribution in [1.29, 1.82) is 0 Å². The lowest BCUT2D eigenvalue weighted by atomic mass is 10.1. The minimum Gasteiger partial charge on any atom is -0.399 e. The number of nitrogens with zero attached hydrogens (tertiary/aromatic N) is 1. The standard InChI is InChI=1S/C14H17N3O2/c1-3-12-14(9(2)19-17-12)16-13(18)8-10-4-6-11(15)7-5-10/h4-7H,3,8,15H2,1-2H3,(H,16,18). The van der Waals surface area contributed by atoms with Crippen LogP contribution in [0.1, 0.15) is 23.9 Å². The first-order valence-electron chi connectivity index (χ1n) is 6.19. The number of aryl methyl sites for hydroxylation is 2. The summed E-state index contributed by atoms with van der Waals surface area (Å²) in [6, 6.07) is 7.25. The second-order valence-electron chi connectivity index (χ2n) is 4.38. The van der Waals surface area contributed by atoms with E-state index in [2.05, 4.69) is 10.5 Å². The number of carbonyl (C=O) groups excluding carboxylic acids is 1. The number of nitrogens with two attached hydrogens (primary N) is 1. The van der Waals surface area contributed by atoms with Crippen LogP contribution < -0.4 is 11.1 Å². The van der Waals surface area contributed by atoms with Crippen molar-refractivity contribution in [1.82, 2.24) is 5.16 Å². The lowest BCUT2D eigenvalue weighted by molar-refractivity contribution is -0.115. The van der Waals surface area contributed by atoms with Crippen LogP contribution in [0.4, 0.5) is 11.4 Å². The molecule has 0 radical (unpaired) electrons. The molecule has 0 bridgehead atoms. The Morgan fingerprint density at radius 1 is 1.37 bits per heavy atom. The number of amides is 1. The summed E-state index contributed by atoms with van der Waals surface area (Å²) in [5.41, 5.74) is 8.66. The van der Waals surface area contributed by atoms with E-state index in [9.17, 15) is 4.79 Å². The van der Waals surface area contributed by atoms with Crippen LogP contribution >= 0.6 is 0 Å². The van der Waals surface area contributed by atoms with Crippen LogP contribution in [-0.4, -0.2) is 11.1 Å². The Hall–Kier alpha value is -2.30. The van der Waals surface area contributed by atoms with Crippen LogP contribution in [0.2, 0.25) is 0 Å². The van der Waals surface area contributed by atoms with Crippen molar-refractivity contribution in [2.75, 3.05) is 11.1 Å². The van der Waals surface area contributed by atoms with Crippen molar-refractivity contribution < 1.29 is 9.32 Å². The van der Waals surface area contributed by atoms with E-state index in [-0.39, 0.29) is 5.91 Å². The second-order valence-corrected chi connectivity index (χ2v) is 4.38. The molecule has 2 aromatic rings. The average Bonchev–Trinajstić information content (AvgIpc) is 2.73. The molecule has 1 heterocycles.